The molecular formula is C14H22N2O2. The highest BCUT2D eigenvalue weighted by molar-refractivity contribution is 5.87. The maximum Gasteiger partial charge on any atom is 0.246 e. The van der Waals surface area contributed by atoms with Crippen molar-refractivity contribution in [3.05, 3.63) is 12.2 Å². The fraction of sp³-hybridized carbons (Fsp3) is 0.786. The molecule has 0 saturated carbocycles. The molecule has 4 nitrogen and oxygen atoms in total. The molecule has 0 aromatic rings. The number of fused-ring (bicyclic) bond motifs is 2. The molecule has 1 amide bonds. The van der Waals surface area contributed by atoms with Crippen LogP contribution < -0.4 is 0 Å². The van der Waals surface area contributed by atoms with Crippen LogP contribution in [0.1, 0.15) is 25.7 Å². The van der Waals surface area contributed by atoms with Gasteiger partial charge in [-0.3, -0.25) is 9.69 Å². The summed E-state index contributed by atoms with van der Waals surface area (Å²) in [5, 5.41) is 0. The molecule has 0 N–H and O–H groups in total. The lowest BCUT2D eigenvalue weighted by atomic mass is 10.2. The quantitative estimate of drug-likeness (QED) is 0.701. The summed E-state index contributed by atoms with van der Waals surface area (Å²) in [6, 6.07) is 0. The summed E-state index contributed by atoms with van der Waals surface area (Å²) in [4.78, 5) is 16.4. The zero-order valence-corrected chi connectivity index (χ0v) is 10.9. The Morgan fingerprint density at radius 2 is 1.83 bits per heavy atom. The maximum atomic E-state index is 12.1. The van der Waals surface area contributed by atoms with Crippen molar-refractivity contribution in [1.29, 1.82) is 0 Å². The number of likely N-dealkylation sites (tertiary alicyclic amines) is 2. The summed E-state index contributed by atoms with van der Waals surface area (Å²) in [6.07, 6.45) is 9.19. The van der Waals surface area contributed by atoms with Crippen LogP contribution in [0.15, 0.2) is 12.2 Å². The number of nitrogens with zero attached hydrogens (tertiary/aromatic N) is 2. The second kappa shape index (κ2) is 5.41. The molecule has 0 radical (unpaired) electrons. The van der Waals surface area contributed by atoms with Crippen LogP contribution in [0.4, 0.5) is 0 Å². The molecule has 18 heavy (non-hydrogen) atoms. The van der Waals surface area contributed by atoms with Crippen molar-refractivity contribution >= 4 is 5.91 Å². The van der Waals surface area contributed by atoms with Gasteiger partial charge in [0.05, 0.1) is 12.2 Å². The van der Waals surface area contributed by atoms with Crippen LogP contribution in [-0.2, 0) is 9.53 Å². The Labute approximate surface area is 109 Å². The van der Waals surface area contributed by atoms with Gasteiger partial charge in [-0.2, -0.15) is 0 Å². The second-order valence-electron chi connectivity index (χ2n) is 5.61. The average Bonchev–Trinajstić information content (AvgIpc) is 2.99. The molecule has 0 aromatic heterocycles. The van der Waals surface area contributed by atoms with Gasteiger partial charge in [-0.1, -0.05) is 6.08 Å². The summed E-state index contributed by atoms with van der Waals surface area (Å²) in [6.45, 7) is 4.84. The lowest BCUT2D eigenvalue weighted by Crippen LogP contribution is -2.45. The Bertz CT molecular complexity index is 325. The van der Waals surface area contributed by atoms with Crippen molar-refractivity contribution in [3.63, 3.8) is 0 Å². The van der Waals surface area contributed by atoms with E-state index in [0.29, 0.717) is 12.2 Å². The molecule has 0 spiro atoms. The first-order valence-electron chi connectivity index (χ1n) is 7.14. The van der Waals surface area contributed by atoms with Crippen LogP contribution in [0, 0.1) is 0 Å². The van der Waals surface area contributed by atoms with E-state index in [1.165, 1.54) is 25.9 Å². The zero-order chi connectivity index (χ0) is 12.4. The molecule has 3 aliphatic rings. The SMILES string of the molecule is O=C(/C=C/CN1CCCC1)N1CC2CCC(C1)O2. The largest absolute Gasteiger partial charge is 0.371 e. The zero-order valence-electron chi connectivity index (χ0n) is 10.9. The van der Waals surface area contributed by atoms with Crippen molar-refractivity contribution in [3.8, 4) is 0 Å². The van der Waals surface area contributed by atoms with Gasteiger partial charge in [0.2, 0.25) is 5.91 Å². The summed E-state index contributed by atoms with van der Waals surface area (Å²) >= 11 is 0. The predicted molar refractivity (Wildman–Crippen MR) is 69.3 cm³/mol. The normalized spacial score (nSPS) is 32.6. The van der Waals surface area contributed by atoms with Crippen molar-refractivity contribution in [2.75, 3.05) is 32.7 Å². The first-order valence-corrected chi connectivity index (χ1v) is 7.14. The number of carbonyl (C=O) groups is 1. The van der Waals surface area contributed by atoms with Gasteiger partial charge in [0.1, 0.15) is 0 Å². The molecule has 2 bridgehead atoms. The van der Waals surface area contributed by atoms with Gasteiger partial charge < -0.3 is 9.64 Å². The third-order valence-corrected chi connectivity index (χ3v) is 4.18. The van der Waals surface area contributed by atoms with Crippen molar-refractivity contribution in [1.82, 2.24) is 9.80 Å². The van der Waals surface area contributed by atoms with E-state index in [9.17, 15) is 4.79 Å². The first-order chi connectivity index (χ1) is 8.81. The standard InChI is InChI=1S/C14H22N2O2/c17-14(4-3-9-15-7-1-2-8-15)16-10-12-5-6-13(11-16)18-12/h3-4,12-13H,1-2,5-11H2/b4-3+. The van der Waals surface area contributed by atoms with Gasteiger partial charge in [0.15, 0.2) is 0 Å². The monoisotopic (exact) mass is 250 g/mol. The van der Waals surface area contributed by atoms with E-state index in [2.05, 4.69) is 4.90 Å². The maximum absolute atomic E-state index is 12.1. The van der Waals surface area contributed by atoms with E-state index in [0.717, 1.165) is 32.5 Å². The Morgan fingerprint density at radius 1 is 1.17 bits per heavy atom. The van der Waals surface area contributed by atoms with E-state index in [1.807, 2.05) is 11.0 Å². The van der Waals surface area contributed by atoms with Crippen molar-refractivity contribution < 1.29 is 9.53 Å². The number of rotatable bonds is 3. The van der Waals surface area contributed by atoms with Crippen molar-refractivity contribution in [2.24, 2.45) is 0 Å². The number of carbonyl (C=O) groups excluding carboxylic acids is 1. The molecule has 4 heteroatoms. The van der Waals surface area contributed by atoms with E-state index in [4.69, 9.17) is 4.74 Å². The Balaban J connectivity index is 1.47. The lowest BCUT2D eigenvalue weighted by Gasteiger charge is -2.31. The van der Waals surface area contributed by atoms with Gasteiger partial charge >= 0.3 is 0 Å². The third-order valence-electron chi connectivity index (χ3n) is 4.18. The Morgan fingerprint density at radius 3 is 2.50 bits per heavy atom. The highest BCUT2D eigenvalue weighted by Crippen LogP contribution is 2.26. The Kier molecular flexibility index (Phi) is 3.66. The number of hydrogen-bond acceptors (Lipinski definition) is 3. The van der Waals surface area contributed by atoms with Gasteiger partial charge in [-0.25, -0.2) is 0 Å². The fourth-order valence-corrected chi connectivity index (χ4v) is 3.17. The van der Waals surface area contributed by atoms with E-state index in [1.54, 1.807) is 6.08 Å². The number of hydrogen-bond donors (Lipinski definition) is 0. The fourth-order valence-electron chi connectivity index (χ4n) is 3.17. The molecule has 2 unspecified atom stereocenters. The topological polar surface area (TPSA) is 32.8 Å². The summed E-state index contributed by atoms with van der Waals surface area (Å²) in [7, 11) is 0. The highest BCUT2D eigenvalue weighted by atomic mass is 16.5. The average molecular weight is 250 g/mol. The van der Waals surface area contributed by atoms with Crippen LogP contribution >= 0.6 is 0 Å². The first kappa shape index (κ1) is 12.2. The Hall–Kier alpha value is -0.870. The van der Waals surface area contributed by atoms with Crippen LogP contribution in [0.25, 0.3) is 0 Å². The molecule has 0 aliphatic carbocycles. The molecule has 3 rings (SSSR count). The molecule has 3 fully saturated rings. The van der Waals surface area contributed by atoms with Crippen LogP contribution in [0.2, 0.25) is 0 Å². The molecule has 3 aliphatic heterocycles. The van der Waals surface area contributed by atoms with Crippen LogP contribution in [0.3, 0.4) is 0 Å². The highest BCUT2D eigenvalue weighted by Gasteiger charge is 2.34. The predicted octanol–water partition coefficient (Wildman–Crippen LogP) is 1.03. The van der Waals surface area contributed by atoms with E-state index < -0.39 is 0 Å². The third kappa shape index (κ3) is 2.75. The number of ether oxygens (including phenoxy) is 1. The molecule has 3 saturated heterocycles. The smallest absolute Gasteiger partial charge is 0.246 e. The van der Waals surface area contributed by atoms with Crippen LogP contribution in [-0.4, -0.2) is 60.6 Å². The van der Waals surface area contributed by atoms with Crippen molar-refractivity contribution in [2.45, 2.75) is 37.9 Å². The number of amides is 1. The van der Waals surface area contributed by atoms with E-state index in [-0.39, 0.29) is 5.91 Å². The summed E-state index contributed by atoms with van der Waals surface area (Å²) in [5.41, 5.74) is 0. The van der Waals surface area contributed by atoms with Gasteiger partial charge in [0.25, 0.3) is 0 Å². The van der Waals surface area contributed by atoms with Crippen LogP contribution in [0.5, 0.6) is 0 Å². The second-order valence-corrected chi connectivity index (χ2v) is 5.61. The lowest BCUT2D eigenvalue weighted by molar-refractivity contribution is -0.134. The summed E-state index contributed by atoms with van der Waals surface area (Å²) < 4.78 is 5.74. The van der Waals surface area contributed by atoms with Gasteiger partial charge in [-0.05, 0) is 38.8 Å². The molecule has 3 heterocycles. The van der Waals surface area contributed by atoms with Gasteiger partial charge in [0, 0.05) is 25.7 Å². The van der Waals surface area contributed by atoms with E-state index >= 15 is 0 Å². The minimum Gasteiger partial charge on any atom is -0.371 e. The summed E-state index contributed by atoms with van der Waals surface area (Å²) in [5.74, 6) is 0.161. The van der Waals surface area contributed by atoms with Gasteiger partial charge in [-0.15, -0.1) is 0 Å². The minimum absolute atomic E-state index is 0.161. The molecule has 2 atom stereocenters. The molecule has 0 aromatic carbocycles. The minimum atomic E-state index is 0.161. The molecular weight excluding hydrogens is 228 g/mol. The number of morpholine rings is 1. The molecule has 100 valence electrons.